The number of hydrogen-bond donors (Lipinski definition) is 2. The molecule has 0 fully saturated rings. The van der Waals surface area contributed by atoms with Crippen molar-refractivity contribution in [2.45, 2.75) is 13.8 Å². The minimum atomic E-state index is -1.01. The van der Waals surface area contributed by atoms with Crippen LogP contribution in [0, 0.1) is 13.8 Å². The number of carboxylic acids is 1. The Morgan fingerprint density at radius 3 is 2.65 bits per heavy atom. The average molecular weight is 295 g/mol. The lowest BCUT2D eigenvalue weighted by Gasteiger charge is -2.06. The van der Waals surface area contributed by atoms with Crippen molar-refractivity contribution in [1.29, 1.82) is 0 Å². The van der Waals surface area contributed by atoms with E-state index >= 15 is 0 Å². The number of benzene rings is 1. The number of aromatic nitrogens is 2. The molecule has 4 nitrogen and oxygen atoms in total. The first kappa shape index (κ1) is 11.9. The Morgan fingerprint density at radius 2 is 2.06 bits per heavy atom. The molecule has 2 N–H and O–H groups in total. The van der Waals surface area contributed by atoms with Gasteiger partial charge >= 0.3 is 5.97 Å². The fourth-order valence-electron chi connectivity index (χ4n) is 1.65. The van der Waals surface area contributed by atoms with Crippen molar-refractivity contribution in [2.75, 3.05) is 0 Å². The minimum Gasteiger partial charge on any atom is -0.477 e. The fraction of sp³-hybridized carbons (Fsp3) is 0.167. The average Bonchev–Trinajstić information content (AvgIpc) is 2.72. The Morgan fingerprint density at radius 1 is 1.35 bits per heavy atom. The smallest absolute Gasteiger partial charge is 0.353 e. The number of rotatable bonds is 2. The van der Waals surface area contributed by atoms with Crippen LogP contribution in [0.1, 0.15) is 21.6 Å². The van der Waals surface area contributed by atoms with E-state index in [1.165, 1.54) is 6.07 Å². The summed E-state index contributed by atoms with van der Waals surface area (Å²) in [6, 6.07) is 5.54. The normalized spacial score (nSPS) is 10.5. The molecule has 0 amide bonds. The van der Waals surface area contributed by atoms with E-state index < -0.39 is 5.97 Å². The van der Waals surface area contributed by atoms with Crippen LogP contribution in [0.3, 0.4) is 0 Å². The van der Waals surface area contributed by atoms with Crippen molar-refractivity contribution in [1.82, 2.24) is 10.2 Å². The quantitative estimate of drug-likeness (QED) is 0.894. The number of hydrogen-bond acceptors (Lipinski definition) is 2. The number of aryl methyl sites for hydroxylation is 1. The minimum absolute atomic E-state index is 0.0945. The van der Waals surface area contributed by atoms with Gasteiger partial charge in [-0.2, -0.15) is 5.10 Å². The molecular weight excluding hydrogens is 284 g/mol. The van der Waals surface area contributed by atoms with E-state index in [1.807, 2.05) is 26.0 Å². The molecule has 17 heavy (non-hydrogen) atoms. The van der Waals surface area contributed by atoms with Crippen molar-refractivity contribution < 1.29 is 9.90 Å². The summed E-state index contributed by atoms with van der Waals surface area (Å²) in [5.74, 6) is -1.01. The van der Waals surface area contributed by atoms with Crippen molar-refractivity contribution in [3.05, 3.63) is 39.5 Å². The van der Waals surface area contributed by atoms with Gasteiger partial charge in [-0.25, -0.2) is 4.79 Å². The van der Waals surface area contributed by atoms with Gasteiger partial charge < -0.3 is 5.11 Å². The molecule has 0 radical (unpaired) electrons. The first-order chi connectivity index (χ1) is 7.99. The predicted octanol–water partition coefficient (Wildman–Crippen LogP) is 3.15. The first-order valence-corrected chi connectivity index (χ1v) is 5.84. The standard InChI is InChI=1S/C12H11BrN2O2/c1-6-3-8(7(2)9(13)4-6)10-5-11(12(16)17)15-14-10/h3-5H,1-2H3,(H,14,15)(H,16,17). The van der Waals surface area contributed by atoms with E-state index in [2.05, 4.69) is 26.1 Å². The lowest BCUT2D eigenvalue weighted by atomic mass is 10.0. The third-order valence-electron chi connectivity index (χ3n) is 2.57. The molecule has 0 aliphatic heterocycles. The number of halogens is 1. The summed E-state index contributed by atoms with van der Waals surface area (Å²) in [6.45, 7) is 3.95. The predicted molar refractivity (Wildman–Crippen MR) is 68.2 cm³/mol. The van der Waals surface area contributed by atoms with Crippen molar-refractivity contribution in [2.24, 2.45) is 0 Å². The molecule has 1 heterocycles. The van der Waals surface area contributed by atoms with Crippen LogP contribution in [-0.2, 0) is 0 Å². The van der Waals surface area contributed by atoms with Gasteiger partial charge in [-0.3, -0.25) is 5.10 Å². The van der Waals surface area contributed by atoms with Crippen molar-refractivity contribution >= 4 is 21.9 Å². The summed E-state index contributed by atoms with van der Waals surface area (Å²) < 4.78 is 0.993. The maximum Gasteiger partial charge on any atom is 0.353 e. The van der Waals surface area contributed by atoms with E-state index in [9.17, 15) is 4.79 Å². The van der Waals surface area contributed by atoms with Gasteiger partial charge in [-0.1, -0.05) is 15.9 Å². The lowest BCUT2D eigenvalue weighted by Crippen LogP contribution is -1.95. The van der Waals surface area contributed by atoms with Gasteiger partial charge in [-0.15, -0.1) is 0 Å². The van der Waals surface area contributed by atoms with Gasteiger partial charge in [0, 0.05) is 10.0 Å². The highest BCUT2D eigenvalue weighted by Crippen LogP contribution is 2.29. The van der Waals surface area contributed by atoms with Gasteiger partial charge in [0.25, 0.3) is 0 Å². The summed E-state index contributed by atoms with van der Waals surface area (Å²) in [5, 5.41) is 15.4. The van der Waals surface area contributed by atoms with Crippen LogP contribution >= 0.6 is 15.9 Å². The second-order valence-electron chi connectivity index (χ2n) is 3.89. The van der Waals surface area contributed by atoms with Crippen LogP contribution in [0.25, 0.3) is 11.3 Å². The largest absolute Gasteiger partial charge is 0.477 e. The molecular formula is C12H11BrN2O2. The fourth-order valence-corrected chi connectivity index (χ4v) is 2.22. The molecule has 5 heteroatoms. The third kappa shape index (κ3) is 2.24. The number of aromatic amines is 1. The molecule has 1 aromatic heterocycles. The molecule has 0 unspecified atom stereocenters. The topological polar surface area (TPSA) is 66.0 Å². The number of H-pyrrole nitrogens is 1. The summed E-state index contributed by atoms with van der Waals surface area (Å²) in [6.07, 6.45) is 0. The Labute approximate surface area is 107 Å². The zero-order valence-electron chi connectivity index (χ0n) is 9.41. The van der Waals surface area contributed by atoms with E-state index in [-0.39, 0.29) is 5.69 Å². The molecule has 0 atom stereocenters. The van der Waals surface area contributed by atoms with Crippen LogP contribution in [-0.4, -0.2) is 21.3 Å². The summed E-state index contributed by atoms with van der Waals surface area (Å²) in [5.41, 5.74) is 3.80. The van der Waals surface area contributed by atoms with Crippen molar-refractivity contribution in [3.8, 4) is 11.3 Å². The Bertz CT molecular complexity index is 590. The van der Waals surface area contributed by atoms with Crippen LogP contribution < -0.4 is 0 Å². The summed E-state index contributed by atoms with van der Waals surface area (Å²) in [7, 11) is 0. The maximum atomic E-state index is 10.8. The second kappa shape index (κ2) is 4.33. The molecule has 88 valence electrons. The SMILES string of the molecule is Cc1cc(Br)c(C)c(-c2cc(C(=O)O)[nH]n2)c1. The van der Waals surface area contributed by atoms with Crippen LogP contribution in [0.2, 0.25) is 0 Å². The molecule has 0 saturated heterocycles. The van der Waals surface area contributed by atoms with Crippen LogP contribution in [0.5, 0.6) is 0 Å². The number of nitrogens with zero attached hydrogens (tertiary/aromatic N) is 1. The molecule has 2 rings (SSSR count). The number of nitrogens with one attached hydrogen (secondary N) is 1. The molecule has 0 saturated carbocycles. The zero-order chi connectivity index (χ0) is 12.6. The van der Waals surface area contributed by atoms with E-state index in [4.69, 9.17) is 5.11 Å². The summed E-state index contributed by atoms with van der Waals surface area (Å²) >= 11 is 3.48. The van der Waals surface area contributed by atoms with Gasteiger partial charge in [0.05, 0.1) is 5.69 Å². The van der Waals surface area contributed by atoms with Gasteiger partial charge in [0.2, 0.25) is 0 Å². The van der Waals surface area contributed by atoms with Gasteiger partial charge in [-0.05, 0) is 43.2 Å². The molecule has 0 aliphatic carbocycles. The second-order valence-corrected chi connectivity index (χ2v) is 4.75. The zero-order valence-corrected chi connectivity index (χ0v) is 11.0. The van der Waals surface area contributed by atoms with Crippen LogP contribution in [0.15, 0.2) is 22.7 Å². The van der Waals surface area contributed by atoms with Crippen LogP contribution in [0.4, 0.5) is 0 Å². The molecule has 0 bridgehead atoms. The summed E-state index contributed by atoms with van der Waals surface area (Å²) in [4.78, 5) is 10.8. The molecule has 2 aromatic rings. The van der Waals surface area contributed by atoms with Gasteiger partial charge in [0.1, 0.15) is 5.69 Å². The highest BCUT2D eigenvalue weighted by Gasteiger charge is 2.12. The Kier molecular flexibility index (Phi) is 3.02. The highest BCUT2D eigenvalue weighted by molar-refractivity contribution is 9.10. The lowest BCUT2D eigenvalue weighted by molar-refractivity contribution is 0.0690. The Hall–Kier alpha value is -1.62. The molecule has 0 spiro atoms. The van der Waals surface area contributed by atoms with E-state index in [1.54, 1.807) is 0 Å². The first-order valence-electron chi connectivity index (χ1n) is 5.05. The van der Waals surface area contributed by atoms with E-state index in [0.717, 1.165) is 21.2 Å². The number of carboxylic acid groups (broad SMARTS) is 1. The monoisotopic (exact) mass is 294 g/mol. The maximum absolute atomic E-state index is 10.8. The van der Waals surface area contributed by atoms with Gasteiger partial charge in [0.15, 0.2) is 0 Å². The molecule has 1 aromatic carbocycles. The number of carbonyl (C=O) groups is 1. The highest BCUT2D eigenvalue weighted by atomic mass is 79.9. The Balaban J connectivity index is 2.56. The molecule has 0 aliphatic rings. The number of aromatic carboxylic acids is 1. The third-order valence-corrected chi connectivity index (χ3v) is 3.40. The van der Waals surface area contributed by atoms with E-state index in [0.29, 0.717) is 5.69 Å². The van der Waals surface area contributed by atoms with Crippen molar-refractivity contribution in [3.63, 3.8) is 0 Å².